The summed E-state index contributed by atoms with van der Waals surface area (Å²) in [6, 6.07) is 11.6. The fourth-order valence-electron chi connectivity index (χ4n) is 2.38. The molecule has 1 N–H and O–H groups in total. The van der Waals surface area contributed by atoms with Gasteiger partial charge >= 0.3 is 0 Å². The Bertz CT molecular complexity index is 765. The van der Waals surface area contributed by atoms with E-state index in [-0.39, 0.29) is 5.91 Å². The molecule has 0 radical (unpaired) electrons. The van der Waals surface area contributed by atoms with Gasteiger partial charge in [-0.2, -0.15) is 0 Å². The van der Waals surface area contributed by atoms with Crippen LogP contribution >= 0.6 is 0 Å². The van der Waals surface area contributed by atoms with Crippen LogP contribution in [-0.4, -0.2) is 19.1 Å². The molecule has 0 aliphatic carbocycles. The summed E-state index contributed by atoms with van der Waals surface area (Å²) >= 11 is 0. The minimum absolute atomic E-state index is 0.159. The minimum Gasteiger partial charge on any atom is -0.486 e. The Morgan fingerprint density at radius 1 is 1.04 bits per heavy atom. The molecule has 0 atom stereocenters. The van der Waals surface area contributed by atoms with Gasteiger partial charge in [-0.3, -0.25) is 4.79 Å². The first kappa shape index (κ1) is 15.2. The molecule has 4 heteroatoms. The van der Waals surface area contributed by atoms with Crippen LogP contribution in [0.25, 0.3) is 6.08 Å². The highest BCUT2D eigenvalue weighted by atomic mass is 16.6. The summed E-state index contributed by atoms with van der Waals surface area (Å²) in [4.78, 5) is 12.1. The Morgan fingerprint density at radius 2 is 1.83 bits per heavy atom. The average molecular weight is 309 g/mol. The topological polar surface area (TPSA) is 47.6 Å². The van der Waals surface area contributed by atoms with E-state index in [0.29, 0.717) is 19.0 Å². The third-order valence-electron chi connectivity index (χ3n) is 3.64. The summed E-state index contributed by atoms with van der Waals surface area (Å²) in [5.41, 5.74) is 3.88. The molecule has 2 aromatic carbocycles. The quantitative estimate of drug-likeness (QED) is 0.879. The van der Waals surface area contributed by atoms with Gasteiger partial charge in [0.25, 0.3) is 0 Å². The molecule has 23 heavy (non-hydrogen) atoms. The smallest absolute Gasteiger partial charge is 0.248 e. The molecule has 3 rings (SSSR count). The number of carbonyl (C=O) groups excluding carboxylic acids is 1. The number of carbonyl (C=O) groups is 1. The van der Waals surface area contributed by atoms with Gasteiger partial charge in [-0.05, 0) is 54.8 Å². The maximum Gasteiger partial charge on any atom is 0.248 e. The number of hydrogen-bond donors (Lipinski definition) is 1. The molecule has 0 fully saturated rings. The van der Waals surface area contributed by atoms with Crippen molar-refractivity contribution >= 4 is 17.7 Å². The van der Waals surface area contributed by atoms with E-state index < -0.39 is 0 Å². The molecule has 4 nitrogen and oxygen atoms in total. The highest BCUT2D eigenvalue weighted by Crippen LogP contribution is 2.31. The van der Waals surface area contributed by atoms with Gasteiger partial charge in [-0.15, -0.1) is 0 Å². The number of nitrogens with one attached hydrogen (secondary N) is 1. The van der Waals surface area contributed by atoms with Gasteiger partial charge < -0.3 is 14.8 Å². The van der Waals surface area contributed by atoms with E-state index in [9.17, 15) is 4.79 Å². The molecule has 1 aliphatic heterocycles. The predicted molar refractivity (Wildman–Crippen MR) is 91.0 cm³/mol. The van der Waals surface area contributed by atoms with E-state index in [1.807, 2.05) is 50.2 Å². The Hall–Kier alpha value is -2.75. The molecule has 0 unspecified atom stereocenters. The van der Waals surface area contributed by atoms with Crippen molar-refractivity contribution in [3.05, 3.63) is 59.2 Å². The average Bonchev–Trinajstić information content (AvgIpc) is 2.56. The van der Waals surface area contributed by atoms with Crippen molar-refractivity contribution in [2.75, 3.05) is 18.5 Å². The molecule has 0 saturated heterocycles. The molecule has 0 spiro atoms. The lowest BCUT2D eigenvalue weighted by atomic mass is 10.1. The van der Waals surface area contributed by atoms with Crippen LogP contribution in [0.2, 0.25) is 0 Å². The zero-order chi connectivity index (χ0) is 16.2. The van der Waals surface area contributed by atoms with Crippen molar-refractivity contribution in [2.24, 2.45) is 0 Å². The minimum atomic E-state index is -0.159. The van der Waals surface area contributed by atoms with Gasteiger partial charge in [0.15, 0.2) is 11.5 Å². The monoisotopic (exact) mass is 309 g/mol. The summed E-state index contributed by atoms with van der Waals surface area (Å²) in [6.45, 7) is 5.09. The maximum atomic E-state index is 12.1. The van der Waals surface area contributed by atoms with Crippen molar-refractivity contribution in [3.8, 4) is 11.5 Å². The Kier molecular flexibility index (Phi) is 4.33. The molecule has 1 aliphatic rings. The van der Waals surface area contributed by atoms with Gasteiger partial charge in [-0.25, -0.2) is 0 Å². The lowest BCUT2D eigenvalue weighted by Gasteiger charge is -2.18. The van der Waals surface area contributed by atoms with Crippen LogP contribution in [0.3, 0.4) is 0 Å². The predicted octanol–water partition coefficient (Wildman–Crippen LogP) is 3.73. The van der Waals surface area contributed by atoms with E-state index in [1.54, 1.807) is 6.08 Å². The lowest BCUT2D eigenvalue weighted by molar-refractivity contribution is -0.111. The number of anilines is 1. The molecule has 2 aromatic rings. The van der Waals surface area contributed by atoms with E-state index in [2.05, 4.69) is 5.32 Å². The fourth-order valence-corrected chi connectivity index (χ4v) is 2.38. The molecule has 0 saturated carbocycles. The van der Waals surface area contributed by atoms with E-state index in [4.69, 9.17) is 9.47 Å². The number of ether oxygens (including phenoxy) is 2. The number of rotatable bonds is 3. The molecular formula is C19H19NO3. The van der Waals surface area contributed by atoms with Crippen molar-refractivity contribution in [1.82, 2.24) is 0 Å². The first-order valence-corrected chi connectivity index (χ1v) is 7.58. The second-order valence-corrected chi connectivity index (χ2v) is 5.54. The largest absolute Gasteiger partial charge is 0.486 e. The molecule has 1 amide bonds. The van der Waals surface area contributed by atoms with Gasteiger partial charge in [0.1, 0.15) is 13.2 Å². The summed E-state index contributed by atoms with van der Waals surface area (Å²) in [6.07, 6.45) is 3.28. The number of aryl methyl sites for hydroxylation is 2. The van der Waals surface area contributed by atoms with E-state index in [0.717, 1.165) is 28.1 Å². The van der Waals surface area contributed by atoms with Crippen molar-refractivity contribution in [1.29, 1.82) is 0 Å². The number of fused-ring (bicyclic) bond motifs is 1. The van der Waals surface area contributed by atoms with Crippen molar-refractivity contribution in [3.63, 3.8) is 0 Å². The van der Waals surface area contributed by atoms with Crippen LogP contribution in [0.4, 0.5) is 5.69 Å². The summed E-state index contributed by atoms with van der Waals surface area (Å²) in [7, 11) is 0. The summed E-state index contributed by atoms with van der Waals surface area (Å²) in [5.74, 6) is 1.30. The Labute approximate surface area is 135 Å². The second-order valence-electron chi connectivity index (χ2n) is 5.54. The number of amides is 1. The number of hydrogen-bond acceptors (Lipinski definition) is 3. The molecule has 118 valence electrons. The SMILES string of the molecule is Cc1ccc(C)c(NC(=O)/C=C/c2ccc3c(c2)OCCO3)c1. The Balaban J connectivity index is 1.70. The third kappa shape index (κ3) is 3.72. The zero-order valence-electron chi connectivity index (χ0n) is 13.3. The first-order chi connectivity index (χ1) is 11.1. The number of benzene rings is 2. The first-order valence-electron chi connectivity index (χ1n) is 7.58. The van der Waals surface area contributed by atoms with Crippen molar-refractivity contribution in [2.45, 2.75) is 13.8 Å². The summed E-state index contributed by atoms with van der Waals surface area (Å²) < 4.78 is 11.0. The standard InChI is InChI=1S/C19H19NO3/c1-13-3-4-14(2)16(11-13)20-19(21)8-6-15-5-7-17-18(12-15)23-10-9-22-17/h3-8,11-12H,9-10H2,1-2H3,(H,20,21)/b8-6+. The highest BCUT2D eigenvalue weighted by Gasteiger charge is 2.10. The van der Waals surface area contributed by atoms with Crippen LogP contribution in [-0.2, 0) is 4.79 Å². The van der Waals surface area contributed by atoms with Crippen LogP contribution in [0.15, 0.2) is 42.5 Å². The van der Waals surface area contributed by atoms with Gasteiger partial charge in [0, 0.05) is 11.8 Å². The molecule has 1 heterocycles. The maximum absolute atomic E-state index is 12.1. The van der Waals surface area contributed by atoms with Gasteiger partial charge in [0.05, 0.1) is 0 Å². The van der Waals surface area contributed by atoms with Gasteiger partial charge in [0.2, 0.25) is 5.91 Å². The van der Waals surface area contributed by atoms with E-state index in [1.165, 1.54) is 6.08 Å². The van der Waals surface area contributed by atoms with Crippen LogP contribution in [0.1, 0.15) is 16.7 Å². The van der Waals surface area contributed by atoms with Gasteiger partial charge in [-0.1, -0.05) is 18.2 Å². The summed E-state index contributed by atoms with van der Waals surface area (Å²) in [5, 5.41) is 2.90. The van der Waals surface area contributed by atoms with E-state index >= 15 is 0 Å². The van der Waals surface area contributed by atoms with Crippen LogP contribution < -0.4 is 14.8 Å². The normalized spacial score (nSPS) is 13.1. The lowest BCUT2D eigenvalue weighted by Crippen LogP contribution is -2.15. The fraction of sp³-hybridized carbons (Fsp3) is 0.211. The molecule has 0 aromatic heterocycles. The van der Waals surface area contributed by atoms with Crippen LogP contribution in [0, 0.1) is 13.8 Å². The van der Waals surface area contributed by atoms with Crippen LogP contribution in [0.5, 0.6) is 11.5 Å². The molecule has 0 bridgehead atoms. The molecular weight excluding hydrogens is 290 g/mol. The Morgan fingerprint density at radius 3 is 2.65 bits per heavy atom. The van der Waals surface area contributed by atoms with Crippen molar-refractivity contribution < 1.29 is 14.3 Å². The third-order valence-corrected chi connectivity index (χ3v) is 3.64. The highest BCUT2D eigenvalue weighted by molar-refractivity contribution is 6.02. The zero-order valence-corrected chi connectivity index (χ0v) is 13.3. The second kappa shape index (κ2) is 6.57.